The molecule has 0 saturated heterocycles. The zero-order chi connectivity index (χ0) is 73.7. The molecule has 17 nitrogen and oxygen atoms in total. The fourth-order valence-corrected chi connectivity index (χ4v) is 14.0. The van der Waals surface area contributed by atoms with Gasteiger partial charge in [-0.1, -0.05) is 370 Å². The van der Waals surface area contributed by atoms with Gasteiger partial charge in [-0.3, -0.25) is 37.3 Å². The Bertz CT molecular complexity index is 1940. The normalized spacial score (nSPS) is 14.5. The Hall–Kier alpha value is -1.94. The summed E-state index contributed by atoms with van der Waals surface area (Å²) in [7, 11) is -9.92. The van der Waals surface area contributed by atoms with E-state index < -0.39 is 97.5 Å². The lowest BCUT2D eigenvalue weighted by atomic mass is 9.99. The van der Waals surface area contributed by atoms with E-state index in [-0.39, 0.29) is 25.7 Å². The van der Waals surface area contributed by atoms with Crippen molar-refractivity contribution in [1.29, 1.82) is 0 Å². The number of ether oxygens (including phenoxy) is 4. The van der Waals surface area contributed by atoms with Gasteiger partial charge < -0.3 is 33.8 Å². The molecule has 0 saturated carbocycles. The molecule has 100 heavy (non-hydrogen) atoms. The second-order valence-corrected chi connectivity index (χ2v) is 33.0. The van der Waals surface area contributed by atoms with E-state index in [1.165, 1.54) is 225 Å². The van der Waals surface area contributed by atoms with Crippen LogP contribution in [0.3, 0.4) is 0 Å². The molecule has 0 aromatic heterocycles. The average Bonchev–Trinajstić information content (AvgIpc) is 0.929. The molecule has 0 heterocycles. The number of hydrogen-bond acceptors (Lipinski definition) is 15. The Balaban J connectivity index is 5.24. The Morgan fingerprint density at radius 1 is 0.290 bits per heavy atom. The summed E-state index contributed by atoms with van der Waals surface area (Å²) in [5.41, 5.74) is 0. The van der Waals surface area contributed by atoms with Crippen LogP contribution in [0.5, 0.6) is 0 Å². The molecule has 19 heteroatoms. The SMILES string of the molecule is CCCCCCCCCCCCCCCC(=O)O[C@H](COC(=O)CCCCCCCCC(C)CC)COP(=O)(O)OC[C@H](O)COP(=O)(O)OC[C@@H](COC(=O)CCCCCCCCCCCCCCCCC(C)CC)OC(=O)CCCCCCCCCCCCCCCCCCC(C)C. The second kappa shape index (κ2) is 71.3. The standard InChI is InChI=1S/C81H158O17P2/c1-8-11-12-13-14-15-16-23-31-36-41-50-57-64-81(86)98-77(69-92-79(84)63-56-49-44-43-47-54-61-74(7)10-3)71-96-100(89,90)94-67-75(82)66-93-99(87,88)95-70-76(68-91-78(83)62-55-48-40-35-30-26-22-21-25-29-34-39-46-53-60-73(6)9-2)97-80(85)65-58-51-42-37-32-27-20-18-17-19-24-28-33-38-45-52-59-72(4)5/h72-77,82H,8-71H2,1-7H3,(H,87,88)(H,89,90)/t73?,74?,75-,76-,77-/m1/s1. The maximum absolute atomic E-state index is 13.1. The van der Waals surface area contributed by atoms with Crippen LogP contribution in [-0.2, 0) is 65.4 Å². The molecule has 0 aliphatic carbocycles. The largest absolute Gasteiger partial charge is 0.472 e. The molecular weight excluding hydrogens is 1310 g/mol. The number of phosphoric acid groups is 2. The third-order valence-electron chi connectivity index (χ3n) is 19.6. The minimum atomic E-state index is -4.96. The molecule has 0 spiro atoms. The van der Waals surface area contributed by atoms with Crippen molar-refractivity contribution in [2.45, 2.75) is 439 Å². The molecule has 4 unspecified atom stereocenters. The second-order valence-electron chi connectivity index (χ2n) is 30.1. The number of rotatable bonds is 79. The topological polar surface area (TPSA) is 237 Å². The van der Waals surface area contributed by atoms with Crippen molar-refractivity contribution >= 4 is 39.5 Å². The first-order chi connectivity index (χ1) is 48.3. The van der Waals surface area contributed by atoms with Crippen molar-refractivity contribution in [2.24, 2.45) is 17.8 Å². The monoisotopic (exact) mass is 1470 g/mol. The summed E-state index contributed by atoms with van der Waals surface area (Å²) in [5, 5.41) is 10.6. The van der Waals surface area contributed by atoms with Crippen LogP contribution < -0.4 is 0 Å². The first-order valence-corrected chi connectivity index (χ1v) is 44.9. The molecular formula is C81H158O17P2. The Morgan fingerprint density at radius 2 is 0.510 bits per heavy atom. The third kappa shape index (κ3) is 71.7. The quantitative estimate of drug-likeness (QED) is 0.0222. The molecule has 594 valence electrons. The van der Waals surface area contributed by atoms with Crippen molar-refractivity contribution in [3.05, 3.63) is 0 Å². The van der Waals surface area contributed by atoms with E-state index in [2.05, 4.69) is 48.5 Å². The summed E-state index contributed by atoms with van der Waals surface area (Å²) in [4.78, 5) is 73.0. The lowest BCUT2D eigenvalue weighted by Gasteiger charge is -2.21. The van der Waals surface area contributed by atoms with Gasteiger partial charge in [-0.2, -0.15) is 0 Å². The number of aliphatic hydroxyl groups is 1. The van der Waals surface area contributed by atoms with Gasteiger partial charge in [0.05, 0.1) is 26.4 Å². The molecule has 7 atom stereocenters. The van der Waals surface area contributed by atoms with E-state index in [4.69, 9.17) is 37.0 Å². The van der Waals surface area contributed by atoms with Crippen molar-refractivity contribution < 1.29 is 80.2 Å². The summed E-state index contributed by atoms with van der Waals surface area (Å²) < 4.78 is 68.7. The van der Waals surface area contributed by atoms with Crippen LogP contribution in [0.2, 0.25) is 0 Å². The number of aliphatic hydroxyl groups excluding tert-OH is 1. The molecule has 0 aromatic rings. The van der Waals surface area contributed by atoms with Gasteiger partial charge in [0, 0.05) is 25.7 Å². The lowest BCUT2D eigenvalue weighted by Crippen LogP contribution is -2.30. The fourth-order valence-electron chi connectivity index (χ4n) is 12.4. The van der Waals surface area contributed by atoms with Gasteiger partial charge in [0.2, 0.25) is 0 Å². The molecule has 0 rings (SSSR count). The number of hydrogen-bond donors (Lipinski definition) is 3. The molecule has 0 bridgehead atoms. The molecule has 0 radical (unpaired) electrons. The smallest absolute Gasteiger partial charge is 0.462 e. The Kier molecular flexibility index (Phi) is 69.9. The van der Waals surface area contributed by atoms with Crippen LogP contribution in [0, 0.1) is 17.8 Å². The number of carbonyl (C=O) groups excluding carboxylic acids is 4. The summed E-state index contributed by atoms with van der Waals surface area (Å²) in [6.45, 7) is 12.0. The van der Waals surface area contributed by atoms with Gasteiger partial charge in [-0.05, 0) is 43.4 Å². The van der Waals surface area contributed by atoms with Gasteiger partial charge >= 0.3 is 39.5 Å². The molecule has 0 aliphatic heterocycles. The number of esters is 4. The first kappa shape index (κ1) is 98.1. The van der Waals surface area contributed by atoms with Crippen LogP contribution in [0.25, 0.3) is 0 Å². The molecule has 3 N–H and O–H groups in total. The van der Waals surface area contributed by atoms with Crippen LogP contribution in [0.1, 0.15) is 421 Å². The van der Waals surface area contributed by atoms with Crippen molar-refractivity contribution in [3.8, 4) is 0 Å². The van der Waals surface area contributed by atoms with Crippen LogP contribution in [0.4, 0.5) is 0 Å². The fraction of sp³-hybridized carbons (Fsp3) is 0.951. The highest BCUT2D eigenvalue weighted by Crippen LogP contribution is 2.45. The highest BCUT2D eigenvalue weighted by molar-refractivity contribution is 7.47. The van der Waals surface area contributed by atoms with E-state index in [1.807, 2.05) is 0 Å². The first-order valence-electron chi connectivity index (χ1n) is 41.9. The van der Waals surface area contributed by atoms with E-state index in [0.717, 1.165) is 114 Å². The number of carbonyl (C=O) groups is 4. The highest BCUT2D eigenvalue weighted by Gasteiger charge is 2.30. The average molecular weight is 1470 g/mol. The Labute approximate surface area is 613 Å². The van der Waals surface area contributed by atoms with Gasteiger partial charge in [0.1, 0.15) is 19.3 Å². The van der Waals surface area contributed by atoms with E-state index >= 15 is 0 Å². The maximum Gasteiger partial charge on any atom is 0.472 e. The summed E-state index contributed by atoms with van der Waals surface area (Å²) in [6, 6.07) is 0. The predicted octanol–water partition coefficient (Wildman–Crippen LogP) is 24.1. The van der Waals surface area contributed by atoms with Crippen molar-refractivity contribution in [3.63, 3.8) is 0 Å². The highest BCUT2D eigenvalue weighted by atomic mass is 31.2. The van der Waals surface area contributed by atoms with Crippen molar-refractivity contribution in [2.75, 3.05) is 39.6 Å². The van der Waals surface area contributed by atoms with Crippen molar-refractivity contribution in [1.82, 2.24) is 0 Å². The predicted molar refractivity (Wildman–Crippen MR) is 409 cm³/mol. The molecule has 0 amide bonds. The summed E-state index contributed by atoms with van der Waals surface area (Å²) in [5.74, 6) is 0.279. The third-order valence-corrected chi connectivity index (χ3v) is 21.5. The van der Waals surface area contributed by atoms with Crippen LogP contribution >= 0.6 is 15.6 Å². The van der Waals surface area contributed by atoms with E-state index in [0.29, 0.717) is 25.7 Å². The lowest BCUT2D eigenvalue weighted by molar-refractivity contribution is -0.161. The minimum absolute atomic E-state index is 0.107. The molecule has 0 fully saturated rings. The van der Waals surface area contributed by atoms with E-state index in [1.54, 1.807) is 0 Å². The Morgan fingerprint density at radius 3 is 0.760 bits per heavy atom. The van der Waals surface area contributed by atoms with Gasteiger partial charge in [0.15, 0.2) is 12.2 Å². The minimum Gasteiger partial charge on any atom is -0.462 e. The van der Waals surface area contributed by atoms with Gasteiger partial charge in [-0.15, -0.1) is 0 Å². The maximum atomic E-state index is 13.1. The number of unbranched alkanes of at least 4 members (excludes halogenated alkanes) is 45. The van der Waals surface area contributed by atoms with Gasteiger partial charge in [-0.25, -0.2) is 9.13 Å². The van der Waals surface area contributed by atoms with E-state index in [9.17, 15) is 43.2 Å². The van der Waals surface area contributed by atoms with Gasteiger partial charge in [0.25, 0.3) is 0 Å². The summed E-state index contributed by atoms with van der Waals surface area (Å²) in [6.07, 6.45) is 59.6. The zero-order valence-electron chi connectivity index (χ0n) is 65.7. The molecule has 0 aromatic carbocycles. The summed E-state index contributed by atoms with van der Waals surface area (Å²) >= 11 is 0. The molecule has 0 aliphatic rings. The van der Waals surface area contributed by atoms with Crippen LogP contribution in [0.15, 0.2) is 0 Å². The number of phosphoric ester groups is 2. The zero-order valence-corrected chi connectivity index (χ0v) is 67.5. The van der Waals surface area contributed by atoms with Crippen LogP contribution in [-0.4, -0.2) is 96.7 Å².